The molecule has 0 radical (unpaired) electrons. The Morgan fingerprint density at radius 3 is 2.38 bits per heavy atom. The van der Waals surface area contributed by atoms with Crippen LogP contribution < -0.4 is 10.2 Å². The van der Waals surface area contributed by atoms with Crippen molar-refractivity contribution in [3.8, 4) is 0 Å². The predicted octanol–water partition coefficient (Wildman–Crippen LogP) is 2.81. The zero-order chi connectivity index (χ0) is 20.4. The summed E-state index contributed by atoms with van der Waals surface area (Å²) in [6.45, 7) is 3.14. The molecule has 0 fully saturated rings. The first kappa shape index (κ1) is 18.6. The van der Waals surface area contributed by atoms with Crippen molar-refractivity contribution in [3.05, 3.63) is 83.2 Å². The molecule has 146 valence electrons. The molecular weight excluding hydrogens is 368 g/mol. The number of nitrogens with one attached hydrogen (secondary N) is 1. The number of rotatable bonds is 6. The van der Waals surface area contributed by atoms with Crippen molar-refractivity contribution in [2.45, 2.75) is 19.9 Å². The molecule has 0 aliphatic carbocycles. The molecule has 7 heteroatoms. The fraction of sp³-hybridized carbons (Fsp3) is 0.182. The molecule has 1 aliphatic rings. The van der Waals surface area contributed by atoms with E-state index < -0.39 is 0 Å². The van der Waals surface area contributed by atoms with Crippen molar-refractivity contribution in [1.82, 2.24) is 15.1 Å². The van der Waals surface area contributed by atoms with Gasteiger partial charge >= 0.3 is 0 Å². The van der Waals surface area contributed by atoms with Crippen LogP contribution in [0.2, 0.25) is 0 Å². The number of amides is 3. The number of imide groups is 1. The number of nitrogens with zero attached hydrogens (tertiary/aromatic N) is 3. The first-order valence-electron chi connectivity index (χ1n) is 9.41. The second-order valence-corrected chi connectivity index (χ2v) is 6.87. The Kier molecular flexibility index (Phi) is 4.95. The highest BCUT2D eigenvalue weighted by molar-refractivity contribution is 6.34. The van der Waals surface area contributed by atoms with E-state index in [9.17, 15) is 14.4 Å². The second-order valence-electron chi connectivity index (χ2n) is 6.87. The average molecular weight is 388 g/mol. The standard InChI is InChI=1S/C22H20N4O3/c1-15-10-13-25(24-15)12-5-11-23-20(27)16-6-4-7-17(14-16)26-21(28)18-8-2-3-9-19(18)22(26)29/h2-4,6-10,13-14H,5,11-12H2,1H3,(H,23,27). The maximum absolute atomic E-state index is 12.6. The molecule has 2 heterocycles. The van der Waals surface area contributed by atoms with E-state index in [1.807, 2.05) is 23.9 Å². The minimum atomic E-state index is -0.377. The Balaban J connectivity index is 1.41. The van der Waals surface area contributed by atoms with Crippen molar-refractivity contribution >= 4 is 23.4 Å². The Morgan fingerprint density at radius 1 is 1.00 bits per heavy atom. The molecular formula is C22H20N4O3. The Labute approximate surface area is 167 Å². The van der Waals surface area contributed by atoms with Crippen LogP contribution in [0.5, 0.6) is 0 Å². The number of anilines is 1. The first-order valence-corrected chi connectivity index (χ1v) is 9.41. The molecule has 1 aliphatic heterocycles. The molecule has 4 rings (SSSR count). The molecule has 3 amide bonds. The van der Waals surface area contributed by atoms with E-state index in [0.29, 0.717) is 35.5 Å². The molecule has 1 aromatic heterocycles. The van der Waals surface area contributed by atoms with Gasteiger partial charge in [0.15, 0.2) is 0 Å². The number of benzene rings is 2. The summed E-state index contributed by atoms with van der Waals surface area (Å²) in [5.41, 5.74) is 2.49. The van der Waals surface area contributed by atoms with Gasteiger partial charge in [-0.2, -0.15) is 5.10 Å². The van der Waals surface area contributed by atoms with Crippen LogP contribution in [-0.4, -0.2) is 34.0 Å². The third-order valence-electron chi connectivity index (χ3n) is 4.78. The fourth-order valence-corrected chi connectivity index (χ4v) is 3.34. The molecule has 29 heavy (non-hydrogen) atoms. The summed E-state index contributed by atoms with van der Waals surface area (Å²) < 4.78 is 1.84. The van der Waals surface area contributed by atoms with Crippen LogP contribution in [0, 0.1) is 6.92 Å². The Hall–Kier alpha value is -3.74. The largest absolute Gasteiger partial charge is 0.352 e. The highest BCUT2D eigenvalue weighted by Gasteiger charge is 2.36. The van der Waals surface area contributed by atoms with Crippen LogP contribution in [0.1, 0.15) is 43.2 Å². The van der Waals surface area contributed by atoms with E-state index in [1.54, 1.807) is 48.5 Å². The fourth-order valence-electron chi connectivity index (χ4n) is 3.34. The van der Waals surface area contributed by atoms with Gasteiger partial charge in [-0.25, -0.2) is 4.90 Å². The van der Waals surface area contributed by atoms with Crippen molar-refractivity contribution in [1.29, 1.82) is 0 Å². The van der Waals surface area contributed by atoms with Crippen LogP contribution in [0.4, 0.5) is 5.69 Å². The maximum Gasteiger partial charge on any atom is 0.266 e. The summed E-state index contributed by atoms with van der Waals surface area (Å²) in [5, 5.41) is 7.17. The third-order valence-corrected chi connectivity index (χ3v) is 4.78. The maximum atomic E-state index is 12.6. The van der Waals surface area contributed by atoms with Gasteiger partial charge in [-0.3, -0.25) is 19.1 Å². The molecule has 2 aromatic carbocycles. The number of hydrogen-bond donors (Lipinski definition) is 1. The van der Waals surface area contributed by atoms with Gasteiger partial charge in [-0.05, 0) is 49.7 Å². The van der Waals surface area contributed by atoms with Crippen LogP contribution in [0.25, 0.3) is 0 Å². The number of aryl methyl sites for hydroxylation is 2. The van der Waals surface area contributed by atoms with Crippen molar-refractivity contribution in [3.63, 3.8) is 0 Å². The van der Waals surface area contributed by atoms with Crippen molar-refractivity contribution < 1.29 is 14.4 Å². The average Bonchev–Trinajstić information content (AvgIpc) is 3.26. The monoisotopic (exact) mass is 388 g/mol. The van der Waals surface area contributed by atoms with E-state index in [0.717, 1.165) is 17.0 Å². The molecule has 0 saturated heterocycles. The summed E-state index contributed by atoms with van der Waals surface area (Å²) in [5.74, 6) is -1.00. The third kappa shape index (κ3) is 3.67. The van der Waals surface area contributed by atoms with E-state index in [-0.39, 0.29) is 17.7 Å². The van der Waals surface area contributed by atoms with Gasteiger partial charge in [0, 0.05) is 24.8 Å². The highest BCUT2D eigenvalue weighted by Crippen LogP contribution is 2.28. The molecule has 0 saturated carbocycles. The van der Waals surface area contributed by atoms with Gasteiger partial charge < -0.3 is 5.32 Å². The van der Waals surface area contributed by atoms with Gasteiger partial charge in [0.1, 0.15) is 0 Å². The SMILES string of the molecule is Cc1ccn(CCCNC(=O)c2cccc(N3C(=O)c4ccccc4C3=O)c2)n1. The van der Waals surface area contributed by atoms with Crippen LogP contribution >= 0.6 is 0 Å². The zero-order valence-electron chi connectivity index (χ0n) is 16.0. The zero-order valence-corrected chi connectivity index (χ0v) is 16.0. The molecule has 0 bridgehead atoms. The highest BCUT2D eigenvalue weighted by atomic mass is 16.2. The lowest BCUT2D eigenvalue weighted by Gasteiger charge is -2.15. The number of carbonyl (C=O) groups is 3. The van der Waals surface area contributed by atoms with Crippen LogP contribution in [-0.2, 0) is 6.54 Å². The van der Waals surface area contributed by atoms with Gasteiger partial charge in [0.25, 0.3) is 17.7 Å². The summed E-state index contributed by atoms with van der Waals surface area (Å²) in [4.78, 5) is 38.9. The minimum Gasteiger partial charge on any atom is -0.352 e. The smallest absolute Gasteiger partial charge is 0.266 e. The second kappa shape index (κ2) is 7.71. The summed E-state index contributed by atoms with van der Waals surface area (Å²) in [7, 11) is 0. The molecule has 0 spiro atoms. The summed E-state index contributed by atoms with van der Waals surface area (Å²) >= 11 is 0. The molecule has 3 aromatic rings. The molecule has 1 N–H and O–H groups in total. The summed E-state index contributed by atoms with van der Waals surface area (Å²) in [6.07, 6.45) is 2.65. The topological polar surface area (TPSA) is 84.3 Å². The number of hydrogen-bond acceptors (Lipinski definition) is 4. The molecule has 0 unspecified atom stereocenters. The first-order chi connectivity index (χ1) is 14.0. The summed E-state index contributed by atoms with van der Waals surface area (Å²) in [6, 6.07) is 15.2. The number of carbonyl (C=O) groups excluding carboxylic acids is 3. The van der Waals surface area contributed by atoms with Gasteiger partial charge in [-0.15, -0.1) is 0 Å². The van der Waals surface area contributed by atoms with Gasteiger partial charge in [0.2, 0.25) is 0 Å². The lowest BCUT2D eigenvalue weighted by molar-refractivity contribution is 0.0919. The van der Waals surface area contributed by atoms with E-state index in [4.69, 9.17) is 0 Å². The lowest BCUT2D eigenvalue weighted by Crippen LogP contribution is -2.30. The minimum absolute atomic E-state index is 0.250. The predicted molar refractivity (Wildman–Crippen MR) is 108 cm³/mol. The van der Waals surface area contributed by atoms with Crippen molar-refractivity contribution in [2.75, 3.05) is 11.4 Å². The van der Waals surface area contributed by atoms with Crippen molar-refractivity contribution in [2.24, 2.45) is 0 Å². The number of aromatic nitrogens is 2. The molecule has 0 atom stereocenters. The van der Waals surface area contributed by atoms with Crippen LogP contribution in [0.3, 0.4) is 0 Å². The molecule has 7 nitrogen and oxygen atoms in total. The van der Waals surface area contributed by atoms with E-state index >= 15 is 0 Å². The van der Waals surface area contributed by atoms with E-state index in [2.05, 4.69) is 10.4 Å². The van der Waals surface area contributed by atoms with Gasteiger partial charge in [0.05, 0.1) is 22.5 Å². The van der Waals surface area contributed by atoms with E-state index in [1.165, 1.54) is 0 Å². The Morgan fingerprint density at radius 2 is 1.72 bits per heavy atom. The normalized spacial score (nSPS) is 12.9. The number of fused-ring (bicyclic) bond motifs is 1. The van der Waals surface area contributed by atoms with Crippen LogP contribution in [0.15, 0.2) is 60.8 Å². The Bertz CT molecular complexity index is 1070. The quantitative estimate of drug-likeness (QED) is 0.520. The lowest BCUT2D eigenvalue weighted by atomic mass is 10.1. The van der Waals surface area contributed by atoms with Gasteiger partial charge in [-0.1, -0.05) is 18.2 Å².